The third-order valence-electron chi connectivity index (χ3n) is 9.10. The van der Waals surface area contributed by atoms with Crippen LogP contribution in [0.5, 0.6) is 5.75 Å². The van der Waals surface area contributed by atoms with Gasteiger partial charge < -0.3 is 30.8 Å². The van der Waals surface area contributed by atoms with E-state index in [0.717, 1.165) is 88.4 Å². The minimum atomic E-state index is -1.77. The van der Waals surface area contributed by atoms with Gasteiger partial charge in [-0.2, -0.15) is 0 Å². The number of rotatable bonds is 26. The third kappa shape index (κ3) is 15.6. The van der Waals surface area contributed by atoms with Crippen molar-refractivity contribution in [1.29, 1.82) is 0 Å². The van der Waals surface area contributed by atoms with Crippen molar-refractivity contribution in [3.63, 3.8) is 0 Å². The van der Waals surface area contributed by atoms with Crippen LogP contribution >= 0.6 is 0 Å². The lowest BCUT2D eigenvalue weighted by atomic mass is 9.76. The van der Waals surface area contributed by atoms with Crippen LogP contribution in [0.1, 0.15) is 107 Å². The molecule has 9 heteroatoms. The summed E-state index contributed by atoms with van der Waals surface area (Å²) in [4.78, 5) is 38.0. The smallest absolute Gasteiger partial charge is 0.330 e. The fraction of sp³-hybridized carbons (Fsp3) is 0.465. The first-order valence-corrected chi connectivity index (χ1v) is 18.9. The van der Waals surface area contributed by atoms with E-state index < -0.39 is 17.4 Å². The van der Waals surface area contributed by atoms with Crippen LogP contribution in [-0.4, -0.2) is 42.8 Å². The van der Waals surface area contributed by atoms with Crippen LogP contribution in [0.25, 0.3) is 6.08 Å². The number of ether oxygens (including phenoxy) is 3. The Bertz CT molecular complexity index is 1450. The number of carbonyl (C=O) groups excluding carboxylic acids is 2. The summed E-state index contributed by atoms with van der Waals surface area (Å²) in [5.74, 6) is -1.44. The molecule has 0 saturated carbocycles. The lowest BCUT2D eigenvalue weighted by Gasteiger charge is -2.28. The van der Waals surface area contributed by atoms with Gasteiger partial charge in [0, 0.05) is 17.5 Å². The van der Waals surface area contributed by atoms with E-state index in [1.54, 1.807) is 54.6 Å². The Morgan fingerprint density at radius 2 is 1.08 bits per heavy atom. The summed E-state index contributed by atoms with van der Waals surface area (Å²) in [5, 5.41) is 10.4. The second-order valence-corrected chi connectivity index (χ2v) is 13.5. The highest BCUT2D eigenvalue weighted by molar-refractivity contribution is 6.00. The number of carbonyl (C=O) groups is 3. The van der Waals surface area contributed by atoms with Crippen LogP contribution in [0.3, 0.4) is 0 Å². The Labute approximate surface area is 309 Å². The first-order valence-electron chi connectivity index (χ1n) is 18.9. The van der Waals surface area contributed by atoms with Gasteiger partial charge in [0.2, 0.25) is 0 Å². The fourth-order valence-corrected chi connectivity index (χ4v) is 5.94. The largest absolute Gasteiger partial charge is 0.494 e. The Morgan fingerprint density at radius 1 is 0.615 bits per heavy atom. The zero-order valence-electron chi connectivity index (χ0n) is 30.9. The predicted molar refractivity (Wildman–Crippen MR) is 208 cm³/mol. The van der Waals surface area contributed by atoms with Crippen LogP contribution in [-0.2, 0) is 36.7 Å². The molecule has 0 atom stereocenters. The topological polar surface area (TPSA) is 151 Å². The highest BCUT2D eigenvalue weighted by atomic mass is 16.5. The number of unbranched alkanes of at least 4 members (excludes halogenated alkanes) is 11. The van der Waals surface area contributed by atoms with Crippen molar-refractivity contribution in [2.45, 2.75) is 103 Å². The van der Waals surface area contributed by atoms with Gasteiger partial charge in [0.25, 0.3) is 0 Å². The van der Waals surface area contributed by atoms with Gasteiger partial charge >= 0.3 is 17.9 Å². The molecule has 3 aromatic carbocycles. The van der Waals surface area contributed by atoms with Gasteiger partial charge in [0.1, 0.15) is 5.75 Å². The molecule has 0 heterocycles. The number of carboxylic acid groups (broad SMARTS) is 1. The number of nitrogens with two attached hydrogens (primary N) is 2. The molecule has 0 fully saturated rings. The van der Waals surface area contributed by atoms with E-state index >= 15 is 0 Å². The van der Waals surface area contributed by atoms with Gasteiger partial charge in [-0.25, -0.2) is 4.79 Å². The summed E-state index contributed by atoms with van der Waals surface area (Å²) in [5.41, 5.74) is 13.3. The van der Waals surface area contributed by atoms with Crippen LogP contribution in [0.2, 0.25) is 0 Å². The minimum absolute atomic E-state index is 0.0111. The number of benzene rings is 3. The third-order valence-corrected chi connectivity index (χ3v) is 9.10. The Kier molecular flexibility index (Phi) is 18.9. The molecule has 0 radical (unpaired) electrons. The molecular formula is C43H58N2O7. The van der Waals surface area contributed by atoms with Crippen LogP contribution in [0.15, 0.2) is 78.9 Å². The van der Waals surface area contributed by atoms with E-state index in [0.29, 0.717) is 42.1 Å². The van der Waals surface area contributed by atoms with Crippen LogP contribution in [0, 0.1) is 5.41 Å². The van der Waals surface area contributed by atoms with Gasteiger partial charge in [-0.1, -0.05) is 108 Å². The van der Waals surface area contributed by atoms with Gasteiger partial charge in [-0.15, -0.1) is 0 Å². The van der Waals surface area contributed by atoms with Gasteiger partial charge in [0.15, 0.2) is 5.41 Å². The van der Waals surface area contributed by atoms with Crippen molar-refractivity contribution in [2.75, 3.05) is 31.3 Å². The zero-order chi connectivity index (χ0) is 37.4. The maximum absolute atomic E-state index is 13.4. The Morgan fingerprint density at radius 3 is 1.58 bits per heavy atom. The van der Waals surface area contributed by atoms with Gasteiger partial charge in [0.05, 0.1) is 19.8 Å². The molecule has 0 unspecified atom stereocenters. The summed E-state index contributed by atoms with van der Waals surface area (Å²) < 4.78 is 16.7. The molecular weight excluding hydrogens is 656 g/mol. The predicted octanol–water partition coefficient (Wildman–Crippen LogP) is 8.98. The lowest BCUT2D eigenvalue weighted by molar-refractivity contribution is -0.169. The highest BCUT2D eigenvalue weighted by Crippen LogP contribution is 2.31. The quantitative estimate of drug-likeness (QED) is 0.0243. The van der Waals surface area contributed by atoms with E-state index in [9.17, 15) is 19.5 Å². The van der Waals surface area contributed by atoms with Crippen molar-refractivity contribution in [2.24, 2.45) is 5.41 Å². The standard InChI is InChI=1S/C43H58N2O7/c1-2-3-4-12-30-51-40(46)28-21-34-19-26-39(27-20-34)50-29-13-10-8-6-5-7-9-11-14-31-52-42(49)43(41(47)48,32-35-15-22-37(44)23-16-35)33-36-17-24-38(45)25-18-36/h15-28H,2-14,29-33,44-45H2,1H3,(H,47,48)/b28-21+. The number of aliphatic carboxylic acids is 1. The van der Waals surface area contributed by atoms with Gasteiger partial charge in [-0.05, 0) is 91.3 Å². The van der Waals surface area contributed by atoms with Crippen molar-refractivity contribution < 1.29 is 33.7 Å². The Hall–Kier alpha value is -4.79. The first-order chi connectivity index (χ1) is 25.2. The number of carboxylic acids is 1. The normalized spacial score (nSPS) is 11.4. The molecule has 3 aromatic rings. The minimum Gasteiger partial charge on any atom is -0.494 e. The summed E-state index contributed by atoms with van der Waals surface area (Å²) in [6.07, 6.45) is 16.8. The second kappa shape index (κ2) is 23.6. The van der Waals surface area contributed by atoms with E-state index in [1.165, 1.54) is 6.08 Å². The average molecular weight is 715 g/mol. The molecule has 282 valence electrons. The molecule has 9 nitrogen and oxygen atoms in total. The molecule has 0 amide bonds. The summed E-state index contributed by atoms with van der Waals surface area (Å²) >= 11 is 0. The maximum atomic E-state index is 13.4. The van der Waals surface area contributed by atoms with Crippen LogP contribution < -0.4 is 16.2 Å². The lowest BCUT2D eigenvalue weighted by Crippen LogP contribution is -2.44. The number of nitrogen functional groups attached to an aromatic ring is 2. The number of esters is 2. The molecule has 0 spiro atoms. The van der Waals surface area contributed by atoms with E-state index in [-0.39, 0.29) is 25.4 Å². The molecule has 0 aromatic heterocycles. The summed E-state index contributed by atoms with van der Waals surface area (Å²) in [6.45, 7) is 3.48. The number of hydrogen-bond donors (Lipinski definition) is 3. The fourth-order valence-electron chi connectivity index (χ4n) is 5.94. The number of anilines is 2. The molecule has 0 aliphatic carbocycles. The van der Waals surface area contributed by atoms with Crippen LogP contribution in [0.4, 0.5) is 11.4 Å². The Balaban J connectivity index is 1.26. The van der Waals surface area contributed by atoms with Crippen molar-refractivity contribution in [3.05, 3.63) is 95.6 Å². The average Bonchev–Trinajstić information content (AvgIpc) is 3.14. The van der Waals surface area contributed by atoms with Crippen molar-refractivity contribution in [3.8, 4) is 5.75 Å². The monoisotopic (exact) mass is 714 g/mol. The number of hydrogen-bond acceptors (Lipinski definition) is 8. The van der Waals surface area contributed by atoms with E-state index in [1.807, 2.05) is 24.3 Å². The molecule has 5 N–H and O–H groups in total. The van der Waals surface area contributed by atoms with E-state index in [4.69, 9.17) is 25.7 Å². The van der Waals surface area contributed by atoms with Crippen molar-refractivity contribution in [1.82, 2.24) is 0 Å². The first kappa shape index (κ1) is 41.6. The SMILES string of the molecule is CCCCCCOC(=O)/C=C/c1ccc(OCCCCCCCCCCCOC(=O)C(Cc2ccc(N)cc2)(Cc2ccc(N)cc2)C(=O)O)cc1. The molecule has 0 bridgehead atoms. The molecule has 52 heavy (non-hydrogen) atoms. The zero-order valence-corrected chi connectivity index (χ0v) is 30.9. The van der Waals surface area contributed by atoms with E-state index in [2.05, 4.69) is 6.92 Å². The molecule has 0 aliphatic heterocycles. The molecule has 0 aliphatic rings. The summed E-state index contributed by atoms with van der Waals surface area (Å²) in [7, 11) is 0. The highest BCUT2D eigenvalue weighted by Gasteiger charge is 2.48. The molecule has 3 rings (SSSR count). The van der Waals surface area contributed by atoms with Gasteiger partial charge in [-0.3, -0.25) is 9.59 Å². The second-order valence-electron chi connectivity index (χ2n) is 13.5. The van der Waals surface area contributed by atoms with Crippen molar-refractivity contribution >= 4 is 35.4 Å². The molecule has 0 saturated heterocycles. The maximum Gasteiger partial charge on any atom is 0.330 e. The summed E-state index contributed by atoms with van der Waals surface area (Å²) in [6, 6.07) is 21.5.